The minimum Gasteiger partial charge on any atom is -0.495 e. The van der Waals surface area contributed by atoms with E-state index in [4.69, 9.17) is 54.3 Å². The molecule has 0 radical (unpaired) electrons. The van der Waals surface area contributed by atoms with Crippen LogP contribution in [0.2, 0.25) is 5.02 Å². The number of ether oxygens (including phenoxy) is 8. The first-order chi connectivity index (χ1) is 44.6. The molecule has 1 aromatic carbocycles. The van der Waals surface area contributed by atoms with Crippen molar-refractivity contribution < 1.29 is 91.0 Å². The van der Waals surface area contributed by atoms with Crippen molar-refractivity contribution in [3.8, 4) is 5.75 Å². The van der Waals surface area contributed by atoms with E-state index >= 15 is 0 Å². The van der Waals surface area contributed by atoms with Crippen LogP contribution in [0.1, 0.15) is 99.0 Å². The van der Waals surface area contributed by atoms with Crippen LogP contribution in [0, 0.1) is 23.2 Å². The summed E-state index contributed by atoms with van der Waals surface area (Å²) < 4.78 is 45.4. The lowest BCUT2D eigenvalue weighted by atomic mass is 9.65. The fraction of sp³-hybridized carbons (Fsp3) is 0.692. The zero-order chi connectivity index (χ0) is 69.7. The van der Waals surface area contributed by atoms with E-state index < -0.39 is 88.3 Å². The molecular formula is C65H99ClN6O19S3. The molecule has 25 nitrogen and oxygen atoms in total. The second-order valence-corrected chi connectivity index (χ2v) is 27.6. The summed E-state index contributed by atoms with van der Waals surface area (Å²) in [5, 5.41) is 21.0. The van der Waals surface area contributed by atoms with Crippen molar-refractivity contribution >= 4 is 111 Å². The molecule has 29 heteroatoms. The Balaban J connectivity index is 1.20. The molecule has 3 aliphatic heterocycles. The Labute approximate surface area is 571 Å². The lowest BCUT2D eigenvalue weighted by molar-refractivity contribution is -0.188. The highest BCUT2D eigenvalue weighted by Crippen LogP contribution is 2.45. The second kappa shape index (κ2) is 41.1. The van der Waals surface area contributed by atoms with Crippen LogP contribution in [0.25, 0.3) is 0 Å². The van der Waals surface area contributed by atoms with Crippen molar-refractivity contribution in [3.63, 3.8) is 0 Å². The maximum absolute atomic E-state index is 14.6. The molecule has 3 aliphatic rings. The summed E-state index contributed by atoms with van der Waals surface area (Å²) in [7, 11) is 5.92. The number of allylic oxidation sites excluding steroid dienone is 3. The van der Waals surface area contributed by atoms with Gasteiger partial charge in [-0.15, -0.1) is 11.8 Å². The van der Waals surface area contributed by atoms with Gasteiger partial charge in [-0.1, -0.05) is 75.2 Å². The molecule has 0 spiro atoms. The summed E-state index contributed by atoms with van der Waals surface area (Å²) in [6.45, 7) is 13.8. The molecule has 2 fully saturated rings. The number of ketones is 2. The van der Waals surface area contributed by atoms with Crippen molar-refractivity contribution in [2.24, 2.45) is 28.3 Å². The molecular weight excluding hydrogens is 1300 g/mol. The quantitative estimate of drug-likeness (QED) is 0.0211. The number of hydrogen-bond acceptors (Lipinski definition) is 23. The van der Waals surface area contributed by atoms with Gasteiger partial charge in [0, 0.05) is 95.2 Å². The smallest absolute Gasteiger partial charge is 0.409 e. The number of nitrogens with zero attached hydrogens (tertiary/aromatic N) is 4. The minimum atomic E-state index is -1.91. The molecule has 0 saturated carbocycles. The van der Waals surface area contributed by atoms with Gasteiger partial charge in [-0.05, 0) is 75.2 Å². The monoisotopic (exact) mass is 1400 g/mol. The molecule has 4 bridgehead atoms. The van der Waals surface area contributed by atoms with Crippen LogP contribution < -0.4 is 20.3 Å². The van der Waals surface area contributed by atoms with E-state index in [2.05, 4.69) is 15.8 Å². The van der Waals surface area contributed by atoms with Gasteiger partial charge in [-0.3, -0.25) is 43.8 Å². The fourth-order valence-corrected chi connectivity index (χ4v) is 13.4. The number of benzene rings is 1. The van der Waals surface area contributed by atoms with E-state index in [0.717, 1.165) is 45.0 Å². The lowest BCUT2D eigenvalue weighted by Gasteiger charge is -2.50. The highest BCUT2D eigenvalue weighted by molar-refractivity contribution is 8.01. The summed E-state index contributed by atoms with van der Waals surface area (Å²) in [4.78, 5) is 128. The van der Waals surface area contributed by atoms with Gasteiger partial charge in [-0.2, -0.15) is 23.5 Å². The van der Waals surface area contributed by atoms with E-state index in [0.29, 0.717) is 37.3 Å². The number of oxime groups is 1. The molecule has 2 saturated heterocycles. The topological polar surface area (TPSA) is 303 Å². The number of carbonyl (C=O) groups is 9. The third-order valence-electron chi connectivity index (χ3n) is 17.1. The van der Waals surface area contributed by atoms with Gasteiger partial charge < -0.3 is 63.0 Å². The SMILES string of the molecule is COc1cc2cc(c1Cl)N(C)C(=O)C[C@@H](OC(=O)[C@@H](C)N(C)C(=O)CCSC1CC(=O)N(CCCC(=O)COCCOCCNC(=O)COCCOCCCC(=O)CON=C(CSC)CSC)C1=O)C(C)(C)[C@H](C)C(C)[C@@H]1OC(=O)N[C@@](O)(C1C)[C@@H](OC)/C=C/C=C(\C)C2. The number of aliphatic hydroxyl groups is 1. The number of likely N-dealkylation sites (tertiary alicyclic amines) is 1. The van der Waals surface area contributed by atoms with Gasteiger partial charge >= 0.3 is 12.1 Å². The molecule has 3 N–H and O–H groups in total. The third-order valence-corrected chi connectivity index (χ3v) is 20.0. The number of methoxy groups -OCH3 is 2. The molecule has 0 aromatic heterocycles. The third kappa shape index (κ3) is 25.0. The molecule has 528 valence electrons. The first kappa shape index (κ1) is 81.1. The Morgan fingerprint density at radius 2 is 1.52 bits per heavy atom. The Bertz CT molecular complexity index is 2800. The van der Waals surface area contributed by atoms with Crippen molar-refractivity contribution in [2.75, 3.05) is 136 Å². The van der Waals surface area contributed by atoms with E-state index in [1.807, 2.05) is 53.2 Å². The number of alkyl carbamates (subject to hydrolysis) is 1. The number of fused-ring (bicyclic) bond motifs is 4. The first-order valence-electron chi connectivity index (χ1n) is 31.5. The Morgan fingerprint density at radius 1 is 0.872 bits per heavy atom. The minimum absolute atomic E-state index is 0.0373. The van der Waals surface area contributed by atoms with Gasteiger partial charge in [0.2, 0.25) is 29.5 Å². The fourth-order valence-electron chi connectivity index (χ4n) is 10.8. The average molecular weight is 1400 g/mol. The Hall–Kier alpha value is -5.30. The number of carbonyl (C=O) groups excluding carboxylic acids is 9. The van der Waals surface area contributed by atoms with Gasteiger partial charge in [0.25, 0.3) is 0 Å². The van der Waals surface area contributed by atoms with E-state index in [-0.39, 0.29) is 132 Å². The maximum atomic E-state index is 14.6. The van der Waals surface area contributed by atoms with Crippen LogP contribution in [0.3, 0.4) is 0 Å². The van der Waals surface area contributed by atoms with E-state index in [1.54, 1.807) is 61.8 Å². The summed E-state index contributed by atoms with van der Waals surface area (Å²) in [5.74, 6) is -2.87. The lowest BCUT2D eigenvalue weighted by Crippen LogP contribution is -2.68. The van der Waals surface area contributed by atoms with Gasteiger partial charge in [-0.25, -0.2) is 9.59 Å². The standard InChI is InChI=1S/C65H99ClN6O19S3/c1-41-17-14-20-53(84-11)65(82)44(4)60(91-63(81)68-65)42(2)43(3)64(6,7)54(35-57(77)71(9)50-32-46(31-41)33-51(83-10)59(50)66)90-62(80)45(5)70(8)56(76)21-30-94-52-34-58(78)72(61(52)79)23-15-18-48(73)36-87-28-27-86-25-22-67-55(75)38-88-29-26-85-24-16-19-49(74)37-89-69-47(39-92-12)40-93-13/h14,17,20,32-33,42-45,52-54,60,82H,15-16,18-19,21-31,34-40H2,1-13H3,(H,67,75)(H,68,81)/b20-14+,41-17+/t42?,43-,44?,45-,52?,53+,54-,60+,65-/m1/s1. The number of rotatable bonds is 37. The predicted molar refractivity (Wildman–Crippen MR) is 362 cm³/mol. The Kier molecular flexibility index (Phi) is 35.4. The van der Waals surface area contributed by atoms with Crippen molar-refractivity contribution in [1.29, 1.82) is 0 Å². The first-order valence-corrected chi connectivity index (χ1v) is 35.8. The van der Waals surface area contributed by atoms with Gasteiger partial charge in [0.05, 0.1) is 63.2 Å². The highest BCUT2D eigenvalue weighted by atomic mass is 35.5. The zero-order valence-electron chi connectivity index (χ0n) is 56.7. The normalized spacial score (nSPS) is 23.7. The van der Waals surface area contributed by atoms with Crippen molar-refractivity contribution in [2.45, 2.75) is 135 Å². The molecule has 1 aromatic rings. The van der Waals surface area contributed by atoms with Crippen LogP contribution in [0.4, 0.5) is 10.5 Å². The molecule has 9 atom stereocenters. The molecule has 3 heterocycles. The Morgan fingerprint density at radius 3 is 2.19 bits per heavy atom. The molecule has 6 amide bonds. The molecule has 0 aliphatic carbocycles. The van der Waals surface area contributed by atoms with Crippen LogP contribution in [-0.2, 0) is 82.8 Å². The summed E-state index contributed by atoms with van der Waals surface area (Å²) in [6, 6.07) is 2.41. The van der Waals surface area contributed by atoms with E-state index in [9.17, 15) is 48.3 Å². The van der Waals surface area contributed by atoms with Gasteiger partial charge in [0.15, 0.2) is 23.9 Å². The number of nitrogens with one attached hydrogen (secondary N) is 2. The highest BCUT2D eigenvalue weighted by Gasteiger charge is 2.55. The summed E-state index contributed by atoms with van der Waals surface area (Å²) >= 11 is 11.3. The van der Waals surface area contributed by atoms with Crippen LogP contribution in [0.15, 0.2) is 41.1 Å². The number of Topliss-reactive ketones (excluding diaryl/α,β-unsaturated/α-hetero) is 2. The van der Waals surface area contributed by atoms with Crippen molar-refractivity contribution in [3.05, 3.63) is 46.5 Å². The number of anilines is 1. The van der Waals surface area contributed by atoms with Crippen LogP contribution in [0.5, 0.6) is 5.75 Å². The largest absolute Gasteiger partial charge is 0.495 e. The predicted octanol–water partition coefficient (Wildman–Crippen LogP) is 6.50. The van der Waals surface area contributed by atoms with Crippen LogP contribution in [-0.4, -0.2) is 240 Å². The number of amides is 6. The number of imide groups is 1. The molecule has 3 unspecified atom stereocenters. The van der Waals surface area contributed by atoms with Crippen molar-refractivity contribution in [1.82, 2.24) is 20.4 Å². The second-order valence-electron chi connectivity index (χ2n) is 24.2. The number of esters is 1. The van der Waals surface area contributed by atoms with Crippen LogP contribution >= 0.6 is 46.9 Å². The number of likely N-dealkylation sites (N-methyl/N-ethyl adjacent to an activating group) is 1. The summed E-state index contributed by atoms with van der Waals surface area (Å²) in [5.41, 5.74) is -0.0553. The molecule has 94 heavy (non-hydrogen) atoms. The number of halogens is 1. The van der Waals surface area contributed by atoms with Gasteiger partial charge in [0.1, 0.15) is 48.3 Å². The average Bonchev–Trinajstić information content (AvgIpc) is 0.925. The zero-order valence-corrected chi connectivity index (χ0v) is 60.0. The summed E-state index contributed by atoms with van der Waals surface area (Å²) in [6.07, 6.45) is 6.36. The molecule has 4 rings (SSSR count). The maximum Gasteiger partial charge on any atom is 0.409 e. The number of thioether (sulfide) groups is 3. The number of hydrogen-bond donors (Lipinski definition) is 3. The van der Waals surface area contributed by atoms with E-state index in [1.165, 1.54) is 38.0 Å².